The largest absolute Gasteiger partial charge is 0.319 e. The Bertz CT molecular complexity index is 1320. The summed E-state index contributed by atoms with van der Waals surface area (Å²) in [5.41, 5.74) is 3.64. The van der Waals surface area contributed by atoms with E-state index in [9.17, 15) is 4.79 Å². The standard InChI is InChI=1S/C23H19N5OS/c1-16-18-14-21(30-23(18)28(26-16)15-17-8-3-2-4-9-17)22(29)25-19-10-5-6-11-20(19)27-13-7-12-24-27/h2-14H,15H2,1H3,(H,25,29). The molecule has 0 aliphatic rings. The van der Waals surface area contributed by atoms with E-state index in [0.717, 1.165) is 21.6 Å². The minimum atomic E-state index is -0.138. The van der Waals surface area contributed by atoms with E-state index in [1.807, 2.05) is 72.4 Å². The maximum absolute atomic E-state index is 13.0. The zero-order valence-corrected chi connectivity index (χ0v) is 17.1. The Hall–Kier alpha value is -3.71. The molecule has 0 unspecified atom stereocenters. The van der Waals surface area contributed by atoms with Crippen molar-refractivity contribution in [3.05, 3.63) is 95.3 Å². The third-order valence-electron chi connectivity index (χ3n) is 4.91. The molecule has 7 heteroatoms. The summed E-state index contributed by atoms with van der Waals surface area (Å²) in [7, 11) is 0. The lowest BCUT2D eigenvalue weighted by Gasteiger charge is -2.10. The van der Waals surface area contributed by atoms with Gasteiger partial charge in [0.2, 0.25) is 0 Å². The number of anilines is 1. The van der Waals surface area contributed by atoms with Crippen LogP contribution < -0.4 is 5.32 Å². The first kappa shape index (κ1) is 18.3. The number of amides is 1. The van der Waals surface area contributed by atoms with E-state index in [1.165, 1.54) is 16.9 Å². The van der Waals surface area contributed by atoms with Gasteiger partial charge in [-0.15, -0.1) is 11.3 Å². The molecule has 0 fully saturated rings. The van der Waals surface area contributed by atoms with Crippen LogP contribution in [0, 0.1) is 6.92 Å². The third kappa shape index (κ3) is 3.40. The summed E-state index contributed by atoms with van der Waals surface area (Å²) in [6.45, 7) is 2.65. The number of carbonyl (C=O) groups excluding carboxylic acids is 1. The minimum absolute atomic E-state index is 0.138. The van der Waals surface area contributed by atoms with Gasteiger partial charge in [0.25, 0.3) is 5.91 Å². The topological polar surface area (TPSA) is 64.7 Å². The maximum atomic E-state index is 13.0. The summed E-state index contributed by atoms with van der Waals surface area (Å²) < 4.78 is 3.71. The fourth-order valence-corrected chi connectivity index (χ4v) is 4.52. The van der Waals surface area contributed by atoms with E-state index in [2.05, 4.69) is 27.6 Å². The van der Waals surface area contributed by atoms with Crippen LogP contribution in [0.25, 0.3) is 15.9 Å². The maximum Gasteiger partial charge on any atom is 0.265 e. The van der Waals surface area contributed by atoms with Crippen molar-refractivity contribution in [2.75, 3.05) is 5.32 Å². The number of hydrogen-bond acceptors (Lipinski definition) is 4. The summed E-state index contributed by atoms with van der Waals surface area (Å²) in [5.74, 6) is -0.138. The molecule has 0 radical (unpaired) electrons. The van der Waals surface area contributed by atoms with Gasteiger partial charge in [-0.2, -0.15) is 10.2 Å². The van der Waals surface area contributed by atoms with Gasteiger partial charge in [-0.05, 0) is 36.8 Å². The molecule has 0 spiro atoms. The van der Waals surface area contributed by atoms with Gasteiger partial charge >= 0.3 is 0 Å². The Morgan fingerprint density at radius 3 is 2.67 bits per heavy atom. The highest BCUT2D eigenvalue weighted by Crippen LogP contribution is 2.30. The molecule has 0 saturated heterocycles. The van der Waals surface area contributed by atoms with Crippen molar-refractivity contribution < 1.29 is 4.79 Å². The zero-order valence-electron chi connectivity index (χ0n) is 16.3. The number of aryl methyl sites for hydroxylation is 1. The van der Waals surface area contributed by atoms with Crippen LogP contribution in [0.15, 0.2) is 79.1 Å². The number of rotatable bonds is 5. The van der Waals surface area contributed by atoms with E-state index >= 15 is 0 Å². The van der Waals surface area contributed by atoms with Crippen molar-refractivity contribution in [3.63, 3.8) is 0 Å². The average molecular weight is 414 g/mol. The van der Waals surface area contributed by atoms with Gasteiger partial charge in [-0.1, -0.05) is 42.5 Å². The lowest BCUT2D eigenvalue weighted by atomic mass is 10.2. The Morgan fingerprint density at radius 1 is 1.07 bits per heavy atom. The summed E-state index contributed by atoms with van der Waals surface area (Å²) in [5, 5.41) is 13.0. The molecular formula is C23H19N5OS. The van der Waals surface area contributed by atoms with Gasteiger partial charge in [0, 0.05) is 17.8 Å². The molecular weight excluding hydrogens is 394 g/mol. The summed E-state index contributed by atoms with van der Waals surface area (Å²) in [6.07, 6.45) is 3.57. The molecule has 0 aliphatic carbocycles. The van der Waals surface area contributed by atoms with Crippen LogP contribution in [-0.2, 0) is 6.54 Å². The molecule has 5 aromatic rings. The second-order valence-corrected chi connectivity index (χ2v) is 8.01. The molecule has 5 rings (SSSR count). The van der Waals surface area contributed by atoms with E-state index in [1.54, 1.807) is 10.9 Å². The summed E-state index contributed by atoms with van der Waals surface area (Å²) in [6, 6.07) is 21.6. The van der Waals surface area contributed by atoms with Crippen LogP contribution in [0.4, 0.5) is 5.69 Å². The highest BCUT2D eigenvalue weighted by atomic mass is 32.1. The van der Waals surface area contributed by atoms with Crippen molar-refractivity contribution in [2.24, 2.45) is 0 Å². The molecule has 1 amide bonds. The number of para-hydroxylation sites is 2. The second-order valence-electron chi connectivity index (χ2n) is 6.98. The van der Waals surface area contributed by atoms with Gasteiger partial charge < -0.3 is 5.32 Å². The molecule has 3 heterocycles. The van der Waals surface area contributed by atoms with E-state index < -0.39 is 0 Å². The van der Waals surface area contributed by atoms with Crippen molar-refractivity contribution in [1.82, 2.24) is 19.6 Å². The first-order chi connectivity index (χ1) is 14.7. The van der Waals surface area contributed by atoms with E-state index in [-0.39, 0.29) is 5.91 Å². The van der Waals surface area contributed by atoms with Gasteiger partial charge in [0.1, 0.15) is 4.83 Å². The number of thiophene rings is 1. The average Bonchev–Trinajstić information content (AvgIpc) is 3.49. The summed E-state index contributed by atoms with van der Waals surface area (Å²) in [4.78, 5) is 14.7. The minimum Gasteiger partial charge on any atom is -0.319 e. The first-order valence-corrected chi connectivity index (χ1v) is 10.4. The Kier molecular flexibility index (Phi) is 4.65. The predicted octanol–water partition coefficient (Wildman–Crippen LogP) is 4.89. The molecule has 0 saturated carbocycles. The third-order valence-corrected chi connectivity index (χ3v) is 6.06. The SMILES string of the molecule is Cc1nn(Cc2ccccc2)c2sc(C(=O)Nc3ccccc3-n3cccn3)cc12. The Balaban J connectivity index is 1.45. The fourth-order valence-electron chi connectivity index (χ4n) is 3.46. The van der Waals surface area contributed by atoms with Crippen LogP contribution in [0.3, 0.4) is 0 Å². The number of aromatic nitrogens is 4. The molecule has 6 nitrogen and oxygen atoms in total. The van der Waals surface area contributed by atoms with Crippen molar-refractivity contribution in [2.45, 2.75) is 13.5 Å². The first-order valence-electron chi connectivity index (χ1n) is 9.60. The normalized spacial score (nSPS) is 11.1. The molecule has 0 bridgehead atoms. The van der Waals surface area contributed by atoms with Crippen LogP contribution in [0.1, 0.15) is 20.9 Å². The monoisotopic (exact) mass is 413 g/mol. The number of nitrogens with one attached hydrogen (secondary N) is 1. The van der Waals surface area contributed by atoms with Crippen LogP contribution in [-0.4, -0.2) is 25.5 Å². The highest BCUT2D eigenvalue weighted by molar-refractivity contribution is 7.20. The number of fused-ring (bicyclic) bond motifs is 1. The molecule has 148 valence electrons. The molecule has 2 aromatic carbocycles. The molecule has 3 aromatic heterocycles. The summed E-state index contributed by atoms with van der Waals surface area (Å²) >= 11 is 1.46. The second kappa shape index (κ2) is 7.61. The fraction of sp³-hybridized carbons (Fsp3) is 0.0870. The molecule has 0 atom stereocenters. The number of carbonyl (C=O) groups is 1. The number of nitrogens with zero attached hydrogens (tertiary/aromatic N) is 4. The Morgan fingerprint density at radius 2 is 1.87 bits per heavy atom. The van der Waals surface area contributed by atoms with Gasteiger partial charge in [0.05, 0.1) is 28.5 Å². The van der Waals surface area contributed by atoms with E-state index in [4.69, 9.17) is 0 Å². The molecule has 0 aliphatic heterocycles. The van der Waals surface area contributed by atoms with Gasteiger partial charge in [-0.3, -0.25) is 9.48 Å². The van der Waals surface area contributed by atoms with Crippen LogP contribution in [0.5, 0.6) is 0 Å². The van der Waals surface area contributed by atoms with Crippen LogP contribution in [0.2, 0.25) is 0 Å². The molecule has 30 heavy (non-hydrogen) atoms. The number of hydrogen-bond donors (Lipinski definition) is 1. The lowest BCUT2D eigenvalue weighted by molar-refractivity contribution is 0.103. The van der Waals surface area contributed by atoms with E-state index in [0.29, 0.717) is 17.1 Å². The quantitative estimate of drug-likeness (QED) is 0.446. The van der Waals surface area contributed by atoms with Crippen molar-refractivity contribution in [3.8, 4) is 5.69 Å². The number of benzene rings is 2. The van der Waals surface area contributed by atoms with Crippen LogP contribution >= 0.6 is 11.3 Å². The predicted molar refractivity (Wildman–Crippen MR) is 119 cm³/mol. The lowest BCUT2D eigenvalue weighted by Crippen LogP contribution is -2.12. The van der Waals surface area contributed by atoms with Crippen molar-refractivity contribution >= 4 is 33.1 Å². The molecule has 1 N–H and O–H groups in total. The van der Waals surface area contributed by atoms with Crippen molar-refractivity contribution in [1.29, 1.82) is 0 Å². The highest BCUT2D eigenvalue weighted by Gasteiger charge is 2.18. The zero-order chi connectivity index (χ0) is 20.5. The van der Waals surface area contributed by atoms with Gasteiger partial charge in [0.15, 0.2) is 0 Å². The van der Waals surface area contributed by atoms with Gasteiger partial charge in [-0.25, -0.2) is 4.68 Å². The smallest absolute Gasteiger partial charge is 0.265 e. The Labute approximate surface area is 177 Å².